The van der Waals surface area contributed by atoms with Gasteiger partial charge in [-0.2, -0.15) is 0 Å². The van der Waals surface area contributed by atoms with Crippen molar-refractivity contribution < 1.29 is 0 Å². The van der Waals surface area contributed by atoms with Crippen LogP contribution in [0.4, 0.5) is 0 Å². The molecule has 0 bridgehead atoms. The van der Waals surface area contributed by atoms with Gasteiger partial charge in [0.05, 0.1) is 0 Å². The molecule has 0 fully saturated rings. The molecule has 0 saturated heterocycles. The lowest BCUT2D eigenvalue weighted by Crippen LogP contribution is -2.16. The Labute approximate surface area is 413 Å². The Hall–Kier alpha value is -6.54. The second kappa shape index (κ2) is 16.0. The zero-order valence-corrected chi connectivity index (χ0v) is 43.4. The molecular weight excluding hydrogens is 849 g/mol. The van der Waals surface area contributed by atoms with Gasteiger partial charge in [0.1, 0.15) is 0 Å². The van der Waals surface area contributed by atoms with Crippen LogP contribution in [0.1, 0.15) is 105 Å². The van der Waals surface area contributed by atoms with Crippen LogP contribution < -0.4 is 0 Å². The third kappa shape index (κ3) is 7.57. The molecule has 10 aromatic carbocycles. The van der Waals surface area contributed by atoms with Crippen molar-refractivity contribution in [3.63, 3.8) is 0 Å². The topological polar surface area (TPSA) is 0 Å². The van der Waals surface area contributed by atoms with Gasteiger partial charge in [0.25, 0.3) is 0 Å². The van der Waals surface area contributed by atoms with Crippen LogP contribution in [0, 0.1) is 0 Å². The minimum Gasteiger partial charge on any atom is -0.135 e. The fourth-order valence-corrected chi connectivity index (χ4v) is 12.2. The highest BCUT2D eigenvalue weighted by Gasteiger charge is 2.27. The first-order valence-electron chi connectivity index (χ1n) is 24.9. The van der Waals surface area contributed by atoms with Gasteiger partial charge in [-0.15, -0.1) is 11.3 Å². The van der Waals surface area contributed by atoms with Gasteiger partial charge in [0, 0.05) is 25.7 Å². The maximum absolute atomic E-state index is 2.46. The fourth-order valence-electron chi connectivity index (χ4n) is 11.0. The molecule has 0 N–H and O–H groups in total. The van der Waals surface area contributed by atoms with E-state index in [1.807, 2.05) is 11.3 Å². The largest absolute Gasteiger partial charge is 0.135 e. The molecule has 1 aromatic heterocycles. The van der Waals surface area contributed by atoms with Crippen LogP contribution in [0.15, 0.2) is 170 Å². The third-order valence-corrected chi connectivity index (χ3v) is 16.0. The van der Waals surface area contributed by atoms with E-state index in [0.29, 0.717) is 0 Å². The summed E-state index contributed by atoms with van der Waals surface area (Å²) in [5.41, 5.74) is 15.9. The zero-order chi connectivity index (χ0) is 48.4. The Morgan fingerprint density at radius 2 is 0.565 bits per heavy atom. The van der Waals surface area contributed by atoms with Crippen LogP contribution in [0.3, 0.4) is 0 Å². The molecule has 342 valence electrons. The number of rotatable bonds is 4. The Kier molecular flexibility index (Phi) is 10.4. The quantitative estimate of drug-likeness (QED) is 0.154. The Balaban J connectivity index is 1.19. The molecule has 0 unspecified atom stereocenters. The summed E-state index contributed by atoms with van der Waals surface area (Å²) in [6.07, 6.45) is 0. The average Bonchev–Trinajstić information content (AvgIpc) is 3.71. The SMILES string of the molecule is CC(C)(C)c1cc(-c2c3ccccc3c(-c3cccc4c3sc3cccc(-c5c6ccccc6c(-c6cc(C(C)(C)C)cc(C(C)(C)C)c6)c6ccccc56)c34)c3ccccc23)cc(C(C)(C)C)c1. The highest BCUT2D eigenvalue weighted by Crippen LogP contribution is 2.52. The molecule has 0 radical (unpaired) electrons. The van der Waals surface area contributed by atoms with E-state index < -0.39 is 0 Å². The molecule has 1 heteroatoms. The zero-order valence-electron chi connectivity index (χ0n) is 42.6. The van der Waals surface area contributed by atoms with E-state index in [1.165, 1.54) is 130 Å². The van der Waals surface area contributed by atoms with E-state index >= 15 is 0 Å². The standard InChI is InChI=1S/C68H64S/c1-65(2,3)43-35-41(36-44(39-43)66(4,5)6)59-47-23-13-17-27-51(47)61(52-28-18-14-24-48(52)59)55-31-22-34-58-63(55)57-33-21-32-56(64(57)69-58)62-53-29-19-15-25-49(53)60(50-26-16-20-30-54(50)62)42-37-45(67(7,8)9)40-46(38-42)68(10,11)12/h13-40H,1-12H3. The molecule has 1 heterocycles. The summed E-state index contributed by atoms with van der Waals surface area (Å²) in [5, 5.41) is 12.9. The summed E-state index contributed by atoms with van der Waals surface area (Å²) in [5.74, 6) is 0. The number of benzene rings is 10. The van der Waals surface area contributed by atoms with Crippen molar-refractivity contribution in [1.29, 1.82) is 0 Å². The van der Waals surface area contributed by atoms with E-state index in [9.17, 15) is 0 Å². The van der Waals surface area contributed by atoms with Crippen molar-refractivity contribution in [1.82, 2.24) is 0 Å². The third-order valence-electron chi connectivity index (χ3n) is 14.8. The lowest BCUT2D eigenvalue weighted by molar-refractivity contribution is 0.568. The minimum atomic E-state index is 0.00484. The molecule has 11 rings (SSSR count). The summed E-state index contributed by atoms with van der Waals surface area (Å²) in [6, 6.07) is 65.4. The molecule has 11 aromatic rings. The van der Waals surface area contributed by atoms with Crippen molar-refractivity contribution in [3.05, 3.63) is 192 Å². The van der Waals surface area contributed by atoms with E-state index in [-0.39, 0.29) is 21.7 Å². The van der Waals surface area contributed by atoms with Crippen molar-refractivity contribution in [2.45, 2.75) is 105 Å². The van der Waals surface area contributed by atoms with Crippen molar-refractivity contribution in [2.75, 3.05) is 0 Å². The highest BCUT2D eigenvalue weighted by atomic mass is 32.1. The summed E-state index contributed by atoms with van der Waals surface area (Å²) in [6.45, 7) is 28.1. The van der Waals surface area contributed by atoms with Crippen LogP contribution in [0.5, 0.6) is 0 Å². The number of thiophene rings is 1. The van der Waals surface area contributed by atoms with Gasteiger partial charge in [-0.25, -0.2) is 0 Å². The average molecular weight is 913 g/mol. The number of fused-ring (bicyclic) bond motifs is 7. The second-order valence-electron chi connectivity index (χ2n) is 23.7. The van der Waals surface area contributed by atoms with E-state index in [4.69, 9.17) is 0 Å². The molecule has 0 spiro atoms. The molecule has 0 aliphatic heterocycles. The smallest absolute Gasteiger partial charge is 0.0434 e. The van der Waals surface area contributed by atoms with Crippen LogP contribution in [0.25, 0.3) is 108 Å². The maximum Gasteiger partial charge on any atom is 0.0434 e. The first kappa shape index (κ1) is 44.9. The lowest BCUT2D eigenvalue weighted by Gasteiger charge is -2.27. The predicted octanol–water partition coefficient (Wildman–Crippen LogP) is 20.5. The van der Waals surface area contributed by atoms with Gasteiger partial charge < -0.3 is 0 Å². The van der Waals surface area contributed by atoms with Crippen LogP contribution >= 0.6 is 11.3 Å². The van der Waals surface area contributed by atoms with Gasteiger partial charge in [0.2, 0.25) is 0 Å². The second-order valence-corrected chi connectivity index (χ2v) is 24.8. The molecular formula is C68H64S. The van der Waals surface area contributed by atoms with E-state index in [2.05, 4.69) is 253 Å². The summed E-state index contributed by atoms with van der Waals surface area (Å²) >= 11 is 1.94. The van der Waals surface area contributed by atoms with E-state index in [1.54, 1.807) is 0 Å². The lowest BCUT2D eigenvalue weighted by atomic mass is 9.77. The minimum absolute atomic E-state index is 0.00484. The Morgan fingerprint density at radius 1 is 0.275 bits per heavy atom. The van der Waals surface area contributed by atoms with Crippen LogP contribution in [0.2, 0.25) is 0 Å². The molecule has 0 atom stereocenters. The summed E-state index contributed by atoms with van der Waals surface area (Å²) in [4.78, 5) is 0. The van der Waals surface area contributed by atoms with Crippen LogP contribution in [-0.4, -0.2) is 0 Å². The molecule has 0 aliphatic carbocycles. The van der Waals surface area contributed by atoms with Crippen molar-refractivity contribution in [3.8, 4) is 44.5 Å². The summed E-state index contributed by atoms with van der Waals surface area (Å²) in [7, 11) is 0. The fraction of sp³-hybridized carbons (Fsp3) is 0.235. The first-order chi connectivity index (χ1) is 32.8. The monoisotopic (exact) mass is 912 g/mol. The Bertz CT molecular complexity index is 3680. The van der Waals surface area contributed by atoms with Gasteiger partial charge in [-0.05, 0) is 132 Å². The molecule has 0 amide bonds. The summed E-state index contributed by atoms with van der Waals surface area (Å²) < 4.78 is 2.63. The van der Waals surface area contributed by atoms with E-state index in [0.717, 1.165) is 0 Å². The molecule has 0 aliphatic rings. The predicted molar refractivity (Wildman–Crippen MR) is 306 cm³/mol. The highest BCUT2D eigenvalue weighted by molar-refractivity contribution is 7.26. The normalized spacial score (nSPS) is 12.9. The molecule has 69 heavy (non-hydrogen) atoms. The Morgan fingerprint density at radius 3 is 0.913 bits per heavy atom. The van der Waals surface area contributed by atoms with Gasteiger partial charge in [0.15, 0.2) is 0 Å². The first-order valence-corrected chi connectivity index (χ1v) is 25.7. The molecule has 0 saturated carbocycles. The van der Waals surface area contributed by atoms with Crippen LogP contribution in [-0.2, 0) is 21.7 Å². The van der Waals surface area contributed by atoms with Crippen molar-refractivity contribution in [2.24, 2.45) is 0 Å². The van der Waals surface area contributed by atoms with Gasteiger partial charge in [-0.3, -0.25) is 0 Å². The van der Waals surface area contributed by atoms with Gasteiger partial charge >= 0.3 is 0 Å². The van der Waals surface area contributed by atoms with Gasteiger partial charge in [-0.1, -0.05) is 247 Å². The molecule has 0 nitrogen and oxygen atoms in total. The number of hydrogen-bond donors (Lipinski definition) is 0. The number of hydrogen-bond acceptors (Lipinski definition) is 1. The maximum atomic E-state index is 2.46. The van der Waals surface area contributed by atoms with Crippen molar-refractivity contribution >= 4 is 74.6 Å².